The minimum atomic E-state index is -0.167. The number of benzene rings is 1. The molecule has 4 heterocycles. The van der Waals surface area contributed by atoms with Gasteiger partial charge in [0.15, 0.2) is 5.65 Å². The van der Waals surface area contributed by atoms with Crippen LogP contribution in [0, 0.1) is 6.92 Å². The molecule has 35 heavy (non-hydrogen) atoms. The topological polar surface area (TPSA) is 84.7 Å². The largest absolute Gasteiger partial charge is 0.378 e. The molecule has 1 aliphatic rings. The third-order valence-corrected chi connectivity index (χ3v) is 6.25. The van der Waals surface area contributed by atoms with Crippen LogP contribution < -0.4 is 10.2 Å². The Morgan fingerprint density at radius 1 is 1.03 bits per heavy atom. The van der Waals surface area contributed by atoms with Crippen LogP contribution in [0.5, 0.6) is 0 Å². The van der Waals surface area contributed by atoms with Gasteiger partial charge < -0.3 is 15.0 Å². The number of morpholine rings is 1. The van der Waals surface area contributed by atoms with E-state index in [1.807, 2.05) is 41.9 Å². The lowest BCUT2D eigenvalue weighted by molar-refractivity contribution is 0.102. The van der Waals surface area contributed by atoms with Crippen LogP contribution in [-0.2, 0) is 10.2 Å². The summed E-state index contributed by atoms with van der Waals surface area (Å²) in [6, 6.07) is 11.6. The Hall–Kier alpha value is -3.78. The van der Waals surface area contributed by atoms with Gasteiger partial charge in [0, 0.05) is 59.6 Å². The number of amides is 1. The van der Waals surface area contributed by atoms with Crippen molar-refractivity contribution in [2.24, 2.45) is 0 Å². The lowest BCUT2D eigenvalue weighted by atomic mass is 9.91. The molecule has 1 amide bonds. The fraction of sp³-hybridized carbons (Fsp3) is 0.333. The molecule has 0 bridgehead atoms. The molecule has 8 nitrogen and oxygen atoms in total. The molecule has 1 N–H and O–H groups in total. The molecular formula is C27H30N6O2. The molecule has 4 aromatic rings. The van der Waals surface area contributed by atoms with Gasteiger partial charge in [0.05, 0.1) is 24.6 Å². The summed E-state index contributed by atoms with van der Waals surface area (Å²) >= 11 is 0. The van der Waals surface area contributed by atoms with Crippen LogP contribution in [0.1, 0.15) is 42.4 Å². The molecule has 0 radical (unpaired) electrons. The van der Waals surface area contributed by atoms with Gasteiger partial charge in [0.25, 0.3) is 5.91 Å². The number of nitrogens with zero attached hydrogens (tertiary/aromatic N) is 5. The predicted octanol–water partition coefficient (Wildman–Crippen LogP) is 4.49. The summed E-state index contributed by atoms with van der Waals surface area (Å²) in [5, 5.41) is 7.86. The molecule has 0 spiro atoms. The number of nitrogens with one attached hydrogen (secondary N) is 1. The fourth-order valence-corrected chi connectivity index (χ4v) is 4.23. The number of hydrogen-bond donors (Lipinski definition) is 1. The Morgan fingerprint density at radius 2 is 1.83 bits per heavy atom. The zero-order valence-corrected chi connectivity index (χ0v) is 20.6. The van der Waals surface area contributed by atoms with Gasteiger partial charge in [0.2, 0.25) is 0 Å². The molecule has 0 aliphatic carbocycles. The number of imidazole rings is 1. The average Bonchev–Trinajstić information content (AvgIpc) is 3.33. The van der Waals surface area contributed by atoms with Gasteiger partial charge in [-0.05, 0) is 42.8 Å². The molecule has 1 fully saturated rings. The zero-order chi connectivity index (χ0) is 24.6. The van der Waals surface area contributed by atoms with Gasteiger partial charge in [-0.25, -0.2) is 9.50 Å². The van der Waals surface area contributed by atoms with E-state index in [9.17, 15) is 4.79 Å². The summed E-state index contributed by atoms with van der Waals surface area (Å²) in [5.41, 5.74) is 6.74. The van der Waals surface area contributed by atoms with Crippen molar-refractivity contribution in [3.63, 3.8) is 0 Å². The maximum absolute atomic E-state index is 13.0. The number of aryl methyl sites for hydroxylation is 1. The summed E-state index contributed by atoms with van der Waals surface area (Å²) in [6.07, 6.45) is 5.31. The quantitative estimate of drug-likeness (QED) is 0.473. The maximum atomic E-state index is 13.0. The third-order valence-electron chi connectivity index (χ3n) is 6.25. The highest BCUT2D eigenvalue weighted by atomic mass is 16.5. The van der Waals surface area contributed by atoms with Crippen LogP contribution in [-0.4, -0.2) is 51.8 Å². The van der Waals surface area contributed by atoms with Crippen LogP contribution in [0.15, 0.2) is 55.0 Å². The van der Waals surface area contributed by atoms with E-state index >= 15 is 0 Å². The van der Waals surface area contributed by atoms with Gasteiger partial charge in [-0.15, -0.1) is 0 Å². The molecule has 1 aromatic carbocycles. The smallest absolute Gasteiger partial charge is 0.255 e. The molecular weight excluding hydrogens is 440 g/mol. The lowest BCUT2D eigenvalue weighted by Gasteiger charge is -2.29. The maximum Gasteiger partial charge on any atom is 0.255 e. The second kappa shape index (κ2) is 9.11. The monoisotopic (exact) mass is 470 g/mol. The Labute approximate surface area is 205 Å². The molecule has 0 saturated carbocycles. The van der Waals surface area contributed by atoms with Gasteiger partial charge >= 0.3 is 0 Å². The highest BCUT2D eigenvalue weighted by Crippen LogP contribution is 2.31. The Balaban J connectivity index is 1.48. The number of ether oxygens (including phenoxy) is 1. The van der Waals surface area contributed by atoms with E-state index in [4.69, 9.17) is 9.84 Å². The van der Waals surface area contributed by atoms with Gasteiger partial charge in [-0.1, -0.05) is 26.8 Å². The summed E-state index contributed by atoms with van der Waals surface area (Å²) in [6.45, 7) is 11.3. The van der Waals surface area contributed by atoms with Crippen molar-refractivity contribution >= 4 is 22.9 Å². The van der Waals surface area contributed by atoms with Gasteiger partial charge in [0.1, 0.15) is 0 Å². The number of anilines is 2. The molecule has 0 unspecified atom stereocenters. The molecule has 0 atom stereocenters. The molecule has 1 saturated heterocycles. The predicted molar refractivity (Wildman–Crippen MR) is 137 cm³/mol. The van der Waals surface area contributed by atoms with Gasteiger partial charge in [-0.2, -0.15) is 5.10 Å². The number of pyridine rings is 1. The Morgan fingerprint density at radius 3 is 2.60 bits per heavy atom. The van der Waals surface area contributed by atoms with Crippen molar-refractivity contribution in [3.8, 4) is 11.3 Å². The third kappa shape index (κ3) is 4.74. The highest BCUT2D eigenvalue weighted by molar-refractivity contribution is 6.04. The van der Waals surface area contributed by atoms with E-state index in [0.717, 1.165) is 46.9 Å². The van der Waals surface area contributed by atoms with E-state index in [-0.39, 0.29) is 11.3 Å². The minimum absolute atomic E-state index is 0.136. The van der Waals surface area contributed by atoms with E-state index in [0.29, 0.717) is 24.5 Å². The fourth-order valence-electron chi connectivity index (χ4n) is 4.23. The highest BCUT2D eigenvalue weighted by Gasteiger charge is 2.20. The normalized spacial score (nSPS) is 14.3. The van der Waals surface area contributed by atoms with Crippen molar-refractivity contribution < 1.29 is 9.53 Å². The van der Waals surface area contributed by atoms with Crippen LogP contribution in [0.2, 0.25) is 0 Å². The zero-order valence-electron chi connectivity index (χ0n) is 20.6. The summed E-state index contributed by atoms with van der Waals surface area (Å²) in [5.74, 6) is -0.167. The minimum Gasteiger partial charge on any atom is -0.378 e. The van der Waals surface area contributed by atoms with E-state index in [1.54, 1.807) is 18.5 Å². The van der Waals surface area contributed by atoms with Crippen molar-refractivity contribution in [2.75, 3.05) is 36.5 Å². The summed E-state index contributed by atoms with van der Waals surface area (Å²) in [7, 11) is 0. The Kier molecular flexibility index (Phi) is 5.98. The Bertz CT molecular complexity index is 1380. The van der Waals surface area contributed by atoms with E-state index < -0.39 is 0 Å². The SMILES string of the molecule is Cc1ccc(NC(=O)c2ccnc(C(C)(C)C)c2)cc1-c1cc(N2CCOCC2)c2nccn2n1. The molecule has 1 aliphatic heterocycles. The first-order valence-electron chi connectivity index (χ1n) is 11.9. The lowest BCUT2D eigenvalue weighted by Crippen LogP contribution is -2.36. The average molecular weight is 471 g/mol. The van der Waals surface area contributed by atoms with Crippen LogP contribution in [0.25, 0.3) is 16.9 Å². The number of fused-ring (bicyclic) bond motifs is 1. The summed E-state index contributed by atoms with van der Waals surface area (Å²) in [4.78, 5) is 24.3. The molecule has 180 valence electrons. The van der Waals surface area contributed by atoms with Crippen LogP contribution in [0.4, 0.5) is 11.4 Å². The molecule has 8 heteroatoms. The molecule has 3 aromatic heterocycles. The van der Waals surface area contributed by atoms with E-state index in [2.05, 4.69) is 47.0 Å². The number of carbonyl (C=O) groups excluding carboxylic acids is 1. The summed E-state index contributed by atoms with van der Waals surface area (Å²) < 4.78 is 7.35. The second-order valence-electron chi connectivity index (χ2n) is 9.87. The van der Waals surface area contributed by atoms with Crippen LogP contribution >= 0.6 is 0 Å². The number of rotatable bonds is 4. The first-order valence-corrected chi connectivity index (χ1v) is 11.9. The number of hydrogen-bond acceptors (Lipinski definition) is 6. The number of aromatic nitrogens is 4. The van der Waals surface area contributed by atoms with E-state index in [1.165, 1.54) is 0 Å². The van der Waals surface area contributed by atoms with Crippen molar-refractivity contribution in [2.45, 2.75) is 33.1 Å². The van der Waals surface area contributed by atoms with Crippen molar-refractivity contribution in [3.05, 3.63) is 71.8 Å². The number of carbonyl (C=O) groups is 1. The van der Waals surface area contributed by atoms with Crippen LogP contribution in [0.3, 0.4) is 0 Å². The standard InChI is InChI=1S/C27H30N6O2/c1-18-5-6-20(30-26(34)19-7-8-28-24(15-19)27(2,3)4)16-21(18)22-17-23(32-11-13-35-14-12-32)25-29-9-10-33(25)31-22/h5-10,15-17H,11-14H2,1-4H3,(H,30,34). The van der Waals surface area contributed by atoms with Gasteiger partial charge in [-0.3, -0.25) is 9.78 Å². The van der Waals surface area contributed by atoms with Crippen molar-refractivity contribution in [1.82, 2.24) is 19.6 Å². The first kappa shape index (κ1) is 23.0. The second-order valence-corrected chi connectivity index (χ2v) is 9.87. The molecule has 5 rings (SSSR count). The first-order chi connectivity index (χ1) is 16.8. The van der Waals surface area contributed by atoms with Crippen molar-refractivity contribution in [1.29, 1.82) is 0 Å².